The van der Waals surface area contributed by atoms with E-state index in [0.717, 1.165) is 12.1 Å². The number of methoxy groups -OCH3 is 1. The molecule has 0 aliphatic rings. The molecule has 0 aliphatic carbocycles. The summed E-state index contributed by atoms with van der Waals surface area (Å²) >= 11 is 0. The summed E-state index contributed by atoms with van der Waals surface area (Å²) in [6, 6.07) is 12.5. The van der Waals surface area contributed by atoms with Crippen LogP contribution in [0.3, 0.4) is 0 Å². The van der Waals surface area contributed by atoms with Crippen molar-refractivity contribution in [2.45, 2.75) is 6.18 Å². The molecule has 0 atom stereocenters. The van der Waals surface area contributed by atoms with E-state index in [1.165, 1.54) is 25.3 Å². The molecule has 0 bridgehead atoms. The number of amides is 1. The fraction of sp³-hybridized carbons (Fsp3) is 0.111. The Hall–Kier alpha value is -3.27. The lowest BCUT2D eigenvalue weighted by Crippen LogP contribution is -2.13. The number of nitrogens with one attached hydrogen (secondary N) is 1. The van der Waals surface area contributed by atoms with Crippen molar-refractivity contribution in [3.8, 4) is 11.8 Å². The van der Waals surface area contributed by atoms with E-state index < -0.39 is 17.6 Å². The number of alkyl halides is 3. The van der Waals surface area contributed by atoms with E-state index in [4.69, 9.17) is 10.00 Å². The highest BCUT2D eigenvalue weighted by atomic mass is 19.4. The molecule has 4 nitrogen and oxygen atoms in total. The van der Waals surface area contributed by atoms with E-state index in [0.29, 0.717) is 17.0 Å². The monoisotopic (exact) mass is 346 g/mol. The highest BCUT2D eigenvalue weighted by Crippen LogP contribution is 2.29. The Morgan fingerprint density at radius 1 is 1.20 bits per heavy atom. The van der Waals surface area contributed by atoms with Gasteiger partial charge in [0.1, 0.15) is 17.4 Å². The van der Waals surface area contributed by atoms with Gasteiger partial charge in [-0.05, 0) is 35.9 Å². The van der Waals surface area contributed by atoms with Gasteiger partial charge in [-0.2, -0.15) is 18.4 Å². The maximum Gasteiger partial charge on any atom is 0.416 e. The molecule has 128 valence electrons. The number of hydrogen-bond acceptors (Lipinski definition) is 3. The summed E-state index contributed by atoms with van der Waals surface area (Å²) in [6.45, 7) is 0. The fourth-order valence-electron chi connectivity index (χ4n) is 1.98. The highest BCUT2D eigenvalue weighted by Gasteiger charge is 2.29. The molecule has 2 rings (SSSR count). The maximum atomic E-state index is 12.5. The van der Waals surface area contributed by atoms with Crippen LogP contribution in [-0.2, 0) is 11.0 Å². The van der Waals surface area contributed by atoms with Crippen LogP contribution in [0, 0.1) is 11.3 Å². The average Bonchev–Trinajstić information content (AvgIpc) is 2.59. The minimum atomic E-state index is -4.44. The first-order valence-electron chi connectivity index (χ1n) is 7.08. The van der Waals surface area contributed by atoms with Gasteiger partial charge in [0, 0.05) is 11.8 Å². The van der Waals surface area contributed by atoms with Crippen LogP contribution in [0.5, 0.6) is 5.75 Å². The Labute approximate surface area is 142 Å². The van der Waals surface area contributed by atoms with Gasteiger partial charge in [0.15, 0.2) is 0 Å². The standard InChI is InChI=1S/C18H13F3N2O2/c1-25-16-4-2-3-15(10-16)23-17(24)13(11-22)9-12-5-7-14(8-6-12)18(19,20)21/h2-10H,1H3,(H,23,24)/b13-9+. The molecule has 0 unspecified atom stereocenters. The minimum Gasteiger partial charge on any atom is -0.497 e. The van der Waals surface area contributed by atoms with Crippen LogP contribution in [0.25, 0.3) is 6.08 Å². The van der Waals surface area contributed by atoms with Gasteiger partial charge in [-0.1, -0.05) is 18.2 Å². The molecule has 0 saturated heterocycles. The van der Waals surface area contributed by atoms with E-state index in [1.54, 1.807) is 30.3 Å². The van der Waals surface area contributed by atoms with Crippen LogP contribution >= 0.6 is 0 Å². The normalized spacial score (nSPS) is 11.6. The van der Waals surface area contributed by atoms with Gasteiger partial charge < -0.3 is 10.1 Å². The molecule has 25 heavy (non-hydrogen) atoms. The van der Waals surface area contributed by atoms with Gasteiger partial charge in [0.05, 0.1) is 12.7 Å². The zero-order chi connectivity index (χ0) is 18.4. The molecule has 0 aliphatic heterocycles. The molecule has 7 heteroatoms. The van der Waals surface area contributed by atoms with Gasteiger partial charge in [-0.3, -0.25) is 4.79 Å². The summed E-state index contributed by atoms with van der Waals surface area (Å²) < 4.78 is 42.7. The predicted octanol–water partition coefficient (Wildman–Crippen LogP) is 4.26. The van der Waals surface area contributed by atoms with Gasteiger partial charge >= 0.3 is 6.18 Å². The Morgan fingerprint density at radius 2 is 1.88 bits per heavy atom. The summed E-state index contributed by atoms with van der Waals surface area (Å²) in [6.07, 6.45) is -3.22. The number of rotatable bonds is 4. The smallest absolute Gasteiger partial charge is 0.416 e. The van der Waals surface area contributed by atoms with Gasteiger partial charge in [0.2, 0.25) is 0 Å². The third-order valence-electron chi connectivity index (χ3n) is 3.24. The van der Waals surface area contributed by atoms with Crippen LogP contribution in [0.4, 0.5) is 18.9 Å². The molecule has 2 aromatic rings. The van der Waals surface area contributed by atoms with Crippen LogP contribution < -0.4 is 10.1 Å². The molecule has 0 spiro atoms. The predicted molar refractivity (Wildman–Crippen MR) is 86.7 cm³/mol. The number of carbonyl (C=O) groups is 1. The third-order valence-corrected chi connectivity index (χ3v) is 3.24. The molecule has 2 aromatic carbocycles. The summed E-state index contributed by atoms with van der Waals surface area (Å²) in [5.41, 5.74) is -0.296. The topological polar surface area (TPSA) is 62.1 Å². The number of nitriles is 1. The lowest BCUT2D eigenvalue weighted by molar-refractivity contribution is -0.137. The molecule has 0 fully saturated rings. The molecule has 0 aromatic heterocycles. The quantitative estimate of drug-likeness (QED) is 0.665. The second-order valence-corrected chi connectivity index (χ2v) is 4.98. The molecule has 0 heterocycles. The fourth-order valence-corrected chi connectivity index (χ4v) is 1.98. The minimum absolute atomic E-state index is 0.234. The number of anilines is 1. The third kappa shape index (κ3) is 4.85. The Bertz CT molecular complexity index is 835. The van der Waals surface area contributed by atoms with Gasteiger partial charge in [0.25, 0.3) is 5.91 Å². The second kappa shape index (κ2) is 7.53. The van der Waals surface area contributed by atoms with E-state index in [9.17, 15) is 18.0 Å². The highest BCUT2D eigenvalue weighted by molar-refractivity contribution is 6.09. The molecular formula is C18H13F3N2O2. The SMILES string of the molecule is COc1cccc(NC(=O)/C(C#N)=C/c2ccc(C(F)(F)F)cc2)c1. The number of benzene rings is 2. The Kier molecular flexibility index (Phi) is 5.45. The van der Waals surface area contributed by atoms with Gasteiger partial charge in [-0.25, -0.2) is 0 Å². The van der Waals surface area contributed by atoms with Crippen molar-refractivity contribution in [3.63, 3.8) is 0 Å². The maximum absolute atomic E-state index is 12.5. The first-order chi connectivity index (χ1) is 11.8. The number of halogens is 3. The van der Waals surface area contributed by atoms with Crippen molar-refractivity contribution >= 4 is 17.7 Å². The molecule has 0 saturated carbocycles. The zero-order valence-electron chi connectivity index (χ0n) is 13.1. The summed E-state index contributed by atoms with van der Waals surface area (Å²) in [4.78, 5) is 12.2. The number of hydrogen-bond donors (Lipinski definition) is 1. The van der Waals surface area contributed by atoms with Gasteiger partial charge in [-0.15, -0.1) is 0 Å². The van der Waals surface area contributed by atoms with Crippen LogP contribution in [0.1, 0.15) is 11.1 Å². The molecule has 1 N–H and O–H groups in total. The van der Waals surface area contributed by atoms with E-state index in [2.05, 4.69) is 5.32 Å². The summed E-state index contributed by atoms with van der Waals surface area (Å²) in [7, 11) is 1.48. The lowest BCUT2D eigenvalue weighted by atomic mass is 10.1. The van der Waals surface area contributed by atoms with Crippen LogP contribution in [-0.4, -0.2) is 13.0 Å². The molecule has 0 radical (unpaired) electrons. The number of nitrogens with zero attached hydrogens (tertiary/aromatic N) is 1. The summed E-state index contributed by atoms with van der Waals surface area (Å²) in [5, 5.41) is 11.7. The van der Waals surface area contributed by atoms with Crippen molar-refractivity contribution < 1.29 is 22.7 Å². The van der Waals surface area contributed by atoms with Crippen molar-refractivity contribution in [3.05, 3.63) is 65.2 Å². The number of ether oxygens (including phenoxy) is 1. The lowest BCUT2D eigenvalue weighted by Gasteiger charge is -2.07. The Morgan fingerprint density at radius 3 is 2.44 bits per heavy atom. The van der Waals surface area contributed by atoms with Crippen molar-refractivity contribution in [1.82, 2.24) is 0 Å². The van der Waals surface area contributed by atoms with E-state index >= 15 is 0 Å². The first-order valence-corrected chi connectivity index (χ1v) is 7.08. The zero-order valence-corrected chi connectivity index (χ0v) is 13.1. The second-order valence-electron chi connectivity index (χ2n) is 4.98. The van der Waals surface area contributed by atoms with Crippen LogP contribution in [0.2, 0.25) is 0 Å². The molecule has 1 amide bonds. The van der Waals surface area contributed by atoms with Crippen molar-refractivity contribution in [2.75, 3.05) is 12.4 Å². The largest absolute Gasteiger partial charge is 0.497 e. The van der Waals surface area contributed by atoms with E-state index in [-0.39, 0.29) is 5.57 Å². The Balaban J connectivity index is 2.19. The number of carbonyl (C=O) groups excluding carboxylic acids is 1. The van der Waals surface area contributed by atoms with Crippen molar-refractivity contribution in [2.24, 2.45) is 0 Å². The first kappa shape index (κ1) is 18.1. The van der Waals surface area contributed by atoms with Crippen LogP contribution in [0.15, 0.2) is 54.1 Å². The summed E-state index contributed by atoms with van der Waals surface area (Å²) in [5.74, 6) is -0.140. The molecular weight excluding hydrogens is 333 g/mol. The van der Waals surface area contributed by atoms with E-state index in [1.807, 2.05) is 0 Å². The van der Waals surface area contributed by atoms with Crippen molar-refractivity contribution in [1.29, 1.82) is 5.26 Å². The average molecular weight is 346 g/mol.